The van der Waals surface area contributed by atoms with E-state index in [0.29, 0.717) is 23.6 Å². The lowest BCUT2D eigenvalue weighted by atomic mass is 10.1. The number of imidazole rings is 1. The molecule has 37 heavy (non-hydrogen) atoms. The van der Waals surface area contributed by atoms with Crippen molar-refractivity contribution < 1.29 is 4.79 Å². The van der Waals surface area contributed by atoms with Crippen LogP contribution in [0.2, 0.25) is 0 Å². The highest BCUT2D eigenvalue weighted by molar-refractivity contribution is 5.97. The molecule has 0 aromatic carbocycles. The molecule has 0 aliphatic carbocycles. The molecule has 0 saturated carbocycles. The summed E-state index contributed by atoms with van der Waals surface area (Å²) in [7, 11) is 0. The van der Waals surface area contributed by atoms with Crippen LogP contribution >= 0.6 is 0 Å². The number of anilines is 2. The lowest BCUT2D eigenvalue weighted by Crippen LogP contribution is -2.29. The molecule has 5 aromatic rings. The third-order valence-electron chi connectivity index (χ3n) is 6.65. The van der Waals surface area contributed by atoms with Crippen LogP contribution in [0.25, 0.3) is 44.7 Å². The second-order valence-corrected chi connectivity index (χ2v) is 9.98. The zero-order valence-corrected chi connectivity index (χ0v) is 21.0. The van der Waals surface area contributed by atoms with Gasteiger partial charge in [0.15, 0.2) is 5.82 Å². The number of rotatable bonds is 6. The zero-order chi connectivity index (χ0) is 25.4. The van der Waals surface area contributed by atoms with Crippen LogP contribution < -0.4 is 10.2 Å². The summed E-state index contributed by atoms with van der Waals surface area (Å²) in [5.41, 5.74) is 6.56. The van der Waals surface area contributed by atoms with Crippen LogP contribution in [0.3, 0.4) is 0 Å². The van der Waals surface area contributed by atoms with Gasteiger partial charge in [0, 0.05) is 36.7 Å². The maximum atomic E-state index is 12.2. The Balaban J connectivity index is 1.35. The van der Waals surface area contributed by atoms with Gasteiger partial charge >= 0.3 is 0 Å². The van der Waals surface area contributed by atoms with Crippen LogP contribution in [0.15, 0.2) is 43.1 Å². The van der Waals surface area contributed by atoms with Gasteiger partial charge in [-0.25, -0.2) is 4.98 Å². The predicted molar refractivity (Wildman–Crippen MR) is 144 cm³/mol. The van der Waals surface area contributed by atoms with Crippen molar-refractivity contribution in [1.29, 1.82) is 0 Å². The van der Waals surface area contributed by atoms with Gasteiger partial charge in [-0.2, -0.15) is 5.10 Å². The molecule has 1 amide bonds. The highest BCUT2D eigenvalue weighted by Crippen LogP contribution is 2.32. The number of nitrogens with one attached hydrogen (secondary N) is 3. The Morgan fingerprint density at radius 1 is 1.03 bits per heavy atom. The Hall–Kier alpha value is -4.34. The standard InChI is InChI=1S/C27H29N9O/c1-16(2)8-24(37)31-18-9-17(11-28-12-18)20-10-19-21(14-30-20)34-35-25(19)27-32-22-13-29-15-23(26(22)33-27)36-6-4-3-5-7-36/h9-16H,3-8H2,1-2H3,(H,31,37)(H,32,33)(H,34,35). The lowest BCUT2D eigenvalue weighted by molar-refractivity contribution is -0.116. The lowest BCUT2D eigenvalue weighted by Gasteiger charge is -2.28. The first-order valence-corrected chi connectivity index (χ1v) is 12.7. The molecule has 3 N–H and O–H groups in total. The summed E-state index contributed by atoms with van der Waals surface area (Å²) in [4.78, 5) is 36.3. The number of carbonyl (C=O) groups is 1. The number of aromatic nitrogens is 7. The van der Waals surface area contributed by atoms with Crippen molar-refractivity contribution in [1.82, 2.24) is 35.1 Å². The molecule has 5 aromatic heterocycles. The van der Waals surface area contributed by atoms with Crippen molar-refractivity contribution in [3.05, 3.63) is 43.1 Å². The second kappa shape index (κ2) is 9.61. The van der Waals surface area contributed by atoms with Crippen molar-refractivity contribution in [3.63, 3.8) is 0 Å². The third-order valence-corrected chi connectivity index (χ3v) is 6.65. The molecular weight excluding hydrogens is 466 g/mol. The molecule has 6 heterocycles. The smallest absolute Gasteiger partial charge is 0.224 e. The van der Waals surface area contributed by atoms with E-state index in [1.165, 1.54) is 19.3 Å². The van der Waals surface area contributed by atoms with E-state index >= 15 is 0 Å². The highest BCUT2D eigenvalue weighted by atomic mass is 16.1. The van der Waals surface area contributed by atoms with Crippen molar-refractivity contribution in [2.24, 2.45) is 5.92 Å². The summed E-state index contributed by atoms with van der Waals surface area (Å²) in [6, 6.07) is 3.86. The normalized spacial score (nSPS) is 14.1. The average Bonchev–Trinajstić information content (AvgIpc) is 3.52. The molecule has 1 fully saturated rings. The number of hydrogen-bond donors (Lipinski definition) is 3. The number of fused-ring (bicyclic) bond motifs is 2. The van der Waals surface area contributed by atoms with Gasteiger partial charge in [-0.15, -0.1) is 0 Å². The summed E-state index contributed by atoms with van der Waals surface area (Å²) in [6.45, 7) is 6.08. The fourth-order valence-electron chi connectivity index (χ4n) is 4.88. The largest absolute Gasteiger partial charge is 0.368 e. The predicted octanol–water partition coefficient (Wildman–Crippen LogP) is 4.93. The summed E-state index contributed by atoms with van der Waals surface area (Å²) in [5, 5.41) is 11.5. The van der Waals surface area contributed by atoms with E-state index in [-0.39, 0.29) is 11.8 Å². The molecule has 0 bridgehead atoms. The second-order valence-electron chi connectivity index (χ2n) is 9.98. The van der Waals surface area contributed by atoms with Crippen molar-refractivity contribution in [2.45, 2.75) is 39.5 Å². The van der Waals surface area contributed by atoms with Crippen LogP contribution in [-0.2, 0) is 4.79 Å². The maximum absolute atomic E-state index is 12.2. The maximum Gasteiger partial charge on any atom is 0.224 e. The van der Waals surface area contributed by atoms with Gasteiger partial charge in [-0.3, -0.25) is 24.8 Å². The zero-order valence-electron chi connectivity index (χ0n) is 21.0. The van der Waals surface area contributed by atoms with Crippen LogP contribution in [0.5, 0.6) is 0 Å². The molecule has 1 saturated heterocycles. The SMILES string of the molecule is CC(C)CC(=O)Nc1cncc(-c2cc3c(-c4nc5c(N6CCCCC6)cncc5[nH]4)n[nH]c3cn2)c1. The van der Waals surface area contributed by atoms with E-state index in [4.69, 9.17) is 4.98 Å². The number of amides is 1. The number of hydrogen-bond acceptors (Lipinski definition) is 7. The minimum Gasteiger partial charge on any atom is -0.368 e. The molecular formula is C27H29N9O. The van der Waals surface area contributed by atoms with E-state index in [0.717, 1.165) is 52.0 Å². The monoisotopic (exact) mass is 495 g/mol. The fourth-order valence-corrected chi connectivity index (χ4v) is 4.88. The average molecular weight is 496 g/mol. The van der Waals surface area contributed by atoms with Crippen LogP contribution in [0, 0.1) is 5.92 Å². The van der Waals surface area contributed by atoms with E-state index < -0.39 is 0 Å². The molecule has 6 rings (SSSR count). The Morgan fingerprint density at radius 2 is 1.86 bits per heavy atom. The van der Waals surface area contributed by atoms with E-state index in [2.05, 4.69) is 40.3 Å². The molecule has 0 radical (unpaired) electrons. The van der Waals surface area contributed by atoms with Crippen LogP contribution in [-0.4, -0.2) is 54.1 Å². The molecule has 0 unspecified atom stereocenters. The first-order valence-electron chi connectivity index (χ1n) is 12.7. The van der Waals surface area contributed by atoms with Gasteiger partial charge in [-0.05, 0) is 37.3 Å². The molecule has 1 aliphatic heterocycles. The fraction of sp³-hybridized carbons (Fsp3) is 0.333. The van der Waals surface area contributed by atoms with Crippen molar-refractivity contribution in [2.75, 3.05) is 23.3 Å². The summed E-state index contributed by atoms with van der Waals surface area (Å²) in [6.07, 6.45) is 13.0. The molecule has 10 heteroatoms. The van der Waals surface area contributed by atoms with E-state index in [1.54, 1.807) is 18.6 Å². The van der Waals surface area contributed by atoms with Gasteiger partial charge in [-0.1, -0.05) is 13.8 Å². The van der Waals surface area contributed by atoms with Gasteiger partial charge in [0.1, 0.15) is 11.2 Å². The van der Waals surface area contributed by atoms with Gasteiger partial charge in [0.25, 0.3) is 0 Å². The number of carbonyl (C=O) groups excluding carboxylic acids is 1. The van der Waals surface area contributed by atoms with Crippen LogP contribution in [0.1, 0.15) is 39.5 Å². The minimum absolute atomic E-state index is 0.0298. The van der Waals surface area contributed by atoms with Crippen LogP contribution in [0.4, 0.5) is 11.4 Å². The highest BCUT2D eigenvalue weighted by Gasteiger charge is 2.19. The van der Waals surface area contributed by atoms with Gasteiger partial charge in [0.2, 0.25) is 5.91 Å². The quantitative estimate of drug-likeness (QED) is 0.304. The number of piperidine rings is 1. The van der Waals surface area contributed by atoms with Gasteiger partial charge < -0.3 is 15.2 Å². The number of aromatic amines is 2. The third kappa shape index (κ3) is 4.62. The Kier molecular flexibility index (Phi) is 5.99. The first-order chi connectivity index (χ1) is 18.0. The Morgan fingerprint density at radius 3 is 2.70 bits per heavy atom. The molecule has 188 valence electrons. The Bertz CT molecular complexity index is 1580. The van der Waals surface area contributed by atoms with E-state index in [9.17, 15) is 4.79 Å². The van der Waals surface area contributed by atoms with Crippen molar-refractivity contribution in [3.8, 4) is 22.8 Å². The molecule has 10 nitrogen and oxygen atoms in total. The number of nitrogens with zero attached hydrogens (tertiary/aromatic N) is 6. The summed E-state index contributed by atoms with van der Waals surface area (Å²) in [5.74, 6) is 0.931. The Labute approximate surface area is 214 Å². The first kappa shape index (κ1) is 23.1. The molecule has 0 spiro atoms. The molecule has 1 aliphatic rings. The van der Waals surface area contributed by atoms with Crippen molar-refractivity contribution >= 4 is 39.2 Å². The summed E-state index contributed by atoms with van der Waals surface area (Å²) >= 11 is 0. The number of H-pyrrole nitrogens is 2. The molecule has 0 atom stereocenters. The van der Waals surface area contributed by atoms with E-state index in [1.807, 2.05) is 38.4 Å². The minimum atomic E-state index is -0.0298. The topological polar surface area (TPSA) is 128 Å². The number of pyridine rings is 3. The van der Waals surface area contributed by atoms with Gasteiger partial charge in [0.05, 0.1) is 52.9 Å². The summed E-state index contributed by atoms with van der Waals surface area (Å²) < 4.78 is 0.